The zero-order valence-corrected chi connectivity index (χ0v) is 9.14. The first-order valence-electron chi connectivity index (χ1n) is 4.52. The van der Waals surface area contributed by atoms with Crippen molar-refractivity contribution in [2.75, 3.05) is 7.05 Å². The van der Waals surface area contributed by atoms with Gasteiger partial charge in [0, 0.05) is 24.0 Å². The summed E-state index contributed by atoms with van der Waals surface area (Å²) in [5, 5.41) is 9.52. The summed E-state index contributed by atoms with van der Waals surface area (Å²) in [6.07, 6.45) is 1.93. The smallest absolute Gasteiger partial charge is 0.0605 e. The Labute approximate surface area is 87.4 Å². The zero-order chi connectivity index (χ0) is 9.97. The fourth-order valence-corrected chi connectivity index (χ4v) is 2.24. The molecule has 0 bridgehead atoms. The average molecular weight is 207 g/mol. The van der Waals surface area contributed by atoms with Crippen LogP contribution >= 0.6 is 11.3 Å². The molecule has 2 aromatic rings. The summed E-state index contributed by atoms with van der Waals surface area (Å²) in [7, 11) is 3.93. The van der Waals surface area contributed by atoms with Gasteiger partial charge in [0.1, 0.15) is 0 Å². The lowest BCUT2D eigenvalue weighted by atomic mass is 10.2. The van der Waals surface area contributed by atoms with Crippen molar-refractivity contribution >= 4 is 11.3 Å². The number of rotatable bonds is 3. The second-order valence-electron chi connectivity index (χ2n) is 3.14. The lowest BCUT2D eigenvalue weighted by molar-refractivity contribution is 0.673. The van der Waals surface area contributed by atoms with Gasteiger partial charge in [0.05, 0.1) is 11.9 Å². The number of thiophene rings is 1. The molecule has 2 rings (SSSR count). The van der Waals surface area contributed by atoms with Crippen LogP contribution in [0.5, 0.6) is 0 Å². The van der Waals surface area contributed by atoms with Crippen LogP contribution in [0.2, 0.25) is 0 Å². The van der Waals surface area contributed by atoms with Crippen LogP contribution in [0.3, 0.4) is 0 Å². The minimum atomic E-state index is 0.851. The Morgan fingerprint density at radius 3 is 3.07 bits per heavy atom. The molecule has 0 amide bonds. The summed E-state index contributed by atoms with van der Waals surface area (Å²) >= 11 is 1.75. The summed E-state index contributed by atoms with van der Waals surface area (Å²) in [5.74, 6) is 0. The van der Waals surface area contributed by atoms with E-state index in [1.807, 2.05) is 25.0 Å². The third kappa shape index (κ3) is 1.58. The molecule has 0 saturated carbocycles. The van der Waals surface area contributed by atoms with Gasteiger partial charge in [-0.3, -0.25) is 4.68 Å². The van der Waals surface area contributed by atoms with Gasteiger partial charge in [0.25, 0.3) is 0 Å². The molecular formula is C10H13N3S. The van der Waals surface area contributed by atoms with Crippen LogP contribution in [0.1, 0.15) is 5.69 Å². The molecule has 1 N–H and O–H groups in total. The highest BCUT2D eigenvalue weighted by Crippen LogP contribution is 2.27. The first-order valence-corrected chi connectivity index (χ1v) is 5.40. The number of aromatic nitrogens is 2. The molecule has 14 heavy (non-hydrogen) atoms. The fourth-order valence-electron chi connectivity index (χ4n) is 1.48. The highest BCUT2D eigenvalue weighted by molar-refractivity contribution is 7.13. The molecule has 2 heterocycles. The minimum Gasteiger partial charge on any atom is -0.314 e. The Bertz CT molecular complexity index is 403. The van der Waals surface area contributed by atoms with Gasteiger partial charge in [-0.2, -0.15) is 5.10 Å². The predicted octanol–water partition coefficient (Wildman–Crippen LogP) is 1.87. The van der Waals surface area contributed by atoms with E-state index in [-0.39, 0.29) is 0 Å². The van der Waals surface area contributed by atoms with Crippen LogP contribution in [0.25, 0.3) is 10.4 Å². The molecule has 0 aliphatic rings. The molecule has 0 saturated heterocycles. The van der Waals surface area contributed by atoms with Crippen molar-refractivity contribution < 1.29 is 0 Å². The topological polar surface area (TPSA) is 29.9 Å². The van der Waals surface area contributed by atoms with Gasteiger partial charge in [-0.05, 0) is 18.5 Å². The van der Waals surface area contributed by atoms with E-state index in [1.54, 1.807) is 11.3 Å². The number of hydrogen-bond acceptors (Lipinski definition) is 3. The van der Waals surface area contributed by atoms with Crippen molar-refractivity contribution in [1.82, 2.24) is 15.1 Å². The summed E-state index contributed by atoms with van der Waals surface area (Å²) in [6, 6.07) is 4.19. The van der Waals surface area contributed by atoms with Gasteiger partial charge in [0.2, 0.25) is 0 Å². The molecule has 3 nitrogen and oxygen atoms in total. The molecule has 0 spiro atoms. The molecule has 74 valence electrons. The van der Waals surface area contributed by atoms with Gasteiger partial charge < -0.3 is 5.32 Å². The van der Waals surface area contributed by atoms with Crippen molar-refractivity contribution in [3.8, 4) is 10.4 Å². The van der Waals surface area contributed by atoms with Crippen molar-refractivity contribution in [3.05, 3.63) is 29.4 Å². The molecule has 0 fully saturated rings. The van der Waals surface area contributed by atoms with Crippen LogP contribution < -0.4 is 5.32 Å². The summed E-state index contributed by atoms with van der Waals surface area (Å²) in [6.45, 7) is 0.851. The minimum absolute atomic E-state index is 0.851. The van der Waals surface area contributed by atoms with Crippen molar-refractivity contribution in [2.45, 2.75) is 6.54 Å². The highest BCUT2D eigenvalue weighted by atomic mass is 32.1. The van der Waals surface area contributed by atoms with Gasteiger partial charge >= 0.3 is 0 Å². The number of nitrogens with one attached hydrogen (secondary N) is 1. The molecule has 0 unspecified atom stereocenters. The molecular weight excluding hydrogens is 194 g/mol. The van der Waals surface area contributed by atoms with Gasteiger partial charge in [0.15, 0.2) is 0 Å². The van der Waals surface area contributed by atoms with Crippen LogP contribution in [-0.4, -0.2) is 16.8 Å². The molecule has 2 aromatic heterocycles. The number of hydrogen-bond donors (Lipinski definition) is 1. The van der Waals surface area contributed by atoms with Crippen LogP contribution in [0.15, 0.2) is 23.7 Å². The summed E-state index contributed by atoms with van der Waals surface area (Å²) in [4.78, 5) is 1.28. The maximum absolute atomic E-state index is 4.27. The van der Waals surface area contributed by atoms with Crippen molar-refractivity contribution in [2.24, 2.45) is 7.05 Å². The van der Waals surface area contributed by atoms with Gasteiger partial charge in [-0.15, -0.1) is 11.3 Å². The summed E-state index contributed by atoms with van der Waals surface area (Å²) in [5.41, 5.74) is 2.46. The number of aryl methyl sites for hydroxylation is 1. The van der Waals surface area contributed by atoms with E-state index < -0.39 is 0 Å². The standard InChI is InChI=1S/C10H13N3S/c1-11-7-9-8(6-12-13(9)2)10-4-3-5-14-10/h3-6,11H,7H2,1-2H3. The Morgan fingerprint density at radius 1 is 1.57 bits per heavy atom. The third-order valence-corrected chi connectivity index (χ3v) is 3.10. The molecule has 0 aliphatic carbocycles. The molecule has 0 aromatic carbocycles. The second kappa shape index (κ2) is 3.94. The van der Waals surface area contributed by atoms with Crippen LogP contribution in [0.4, 0.5) is 0 Å². The Kier molecular flexibility index (Phi) is 2.65. The maximum Gasteiger partial charge on any atom is 0.0605 e. The van der Waals surface area contributed by atoms with E-state index in [2.05, 4.69) is 27.9 Å². The Balaban J connectivity index is 2.43. The van der Waals surface area contributed by atoms with E-state index in [0.717, 1.165) is 6.54 Å². The molecule has 4 heteroatoms. The Hall–Kier alpha value is -1.13. The van der Waals surface area contributed by atoms with E-state index >= 15 is 0 Å². The first kappa shape index (κ1) is 9.43. The van der Waals surface area contributed by atoms with E-state index in [1.165, 1.54) is 16.1 Å². The van der Waals surface area contributed by atoms with Gasteiger partial charge in [-0.25, -0.2) is 0 Å². The second-order valence-corrected chi connectivity index (χ2v) is 4.08. The van der Waals surface area contributed by atoms with Crippen molar-refractivity contribution in [3.63, 3.8) is 0 Å². The monoisotopic (exact) mass is 207 g/mol. The zero-order valence-electron chi connectivity index (χ0n) is 8.32. The molecule has 0 aliphatic heterocycles. The SMILES string of the molecule is CNCc1c(-c2cccs2)cnn1C. The summed E-state index contributed by atoms with van der Waals surface area (Å²) < 4.78 is 1.92. The normalized spacial score (nSPS) is 10.7. The maximum atomic E-state index is 4.27. The van der Waals surface area contributed by atoms with Gasteiger partial charge in [-0.1, -0.05) is 6.07 Å². The Morgan fingerprint density at radius 2 is 2.43 bits per heavy atom. The predicted molar refractivity (Wildman–Crippen MR) is 59.3 cm³/mol. The van der Waals surface area contributed by atoms with E-state index in [9.17, 15) is 0 Å². The van der Waals surface area contributed by atoms with E-state index in [0.29, 0.717) is 0 Å². The quantitative estimate of drug-likeness (QED) is 0.832. The molecule has 0 atom stereocenters. The first-order chi connectivity index (χ1) is 6.83. The van der Waals surface area contributed by atoms with Crippen molar-refractivity contribution in [1.29, 1.82) is 0 Å². The lowest BCUT2D eigenvalue weighted by Gasteiger charge is -2.03. The lowest BCUT2D eigenvalue weighted by Crippen LogP contribution is -2.10. The third-order valence-electron chi connectivity index (χ3n) is 2.19. The molecule has 0 radical (unpaired) electrons. The average Bonchev–Trinajstić information content (AvgIpc) is 2.77. The highest BCUT2D eigenvalue weighted by Gasteiger charge is 2.09. The number of nitrogens with zero attached hydrogens (tertiary/aromatic N) is 2. The van der Waals surface area contributed by atoms with Crippen LogP contribution in [-0.2, 0) is 13.6 Å². The van der Waals surface area contributed by atoms with Crippen LogP contribution in [0, 0.1) is 0 Å². The largest absolute Gasteiger partial charge is 0.314 e. The van der Waals surface area contributed by atoms with E-state index in [4.69, 9.17) is 0 Å². The fraction of sp³-hybridized carbons (Fsp3) is 0.300.